The van der Waals surface area contributed by atoms with E-state index in [1.54, 1.807) is 0 Å². The van der Waals surface area contributed by atoms with Gasteiger partial charge in [0.2, 0.25) is 0 Å². The van der Waals surface area contributed by atoms with Gasteiger partial charge in [-0.1, -0.05) is 27.7 Å². The van der Waals surface area contributed by atoms with Crippen LogP contribution < -0.4 is 0 Å². The molecule has 0 aliphatic heterocycles. The summed E-state index contributed by atoms with van der Waals surface area (Å²) in [7, 11) is 0. The standard InChI is InChI=1S/C30H43N3O4.2ClH/c1-6-31(7-2)17-11-19-36-29(34)23-13-15-27-25(21-23)26-22-24(14-16-28(26)33(27)10-5)30(35)37-20-12-18-32(8-3)9-4;;/h13-16,21-22H,6-12,17-20H2,1-5H3;2*1H. The first kappa shape index (κ1) is 34.7. The Hall–Kier alpha value is -2.32. The van der Waals surface area contributed by atoms with E-state index in [1.165, 1.54) is 0 Å². The van der Waals surface area contributed by atoms with Crippen molar-refractivity contribution in [2.75, 3.05) is 52.5 Å². The molecule has 2 aromatic carbocycles. The van der Waals surface area contributed by atoms with Gasteiger partial charge in [-0.2, -0.15) is 0 Å². The number of aryl methyl sites for hydroxylation is 1. The number of aromatic nitrogens is 1. The summed E-state index contributed by atoms with van der Waals surface area (Å²) in [5.41, 5.74) is 3.10. The molecule has 9 heteroatoms. The Morgan fingerprint density at radius 2 is 1.05 bits per heavy atom. The van der Waals surface area contributed by atoms with Gasteiger partial charge < -0.3 is 23.8 Å². The van der Waals surface area contributed by atoms with Gasteiger partial charge in [0.15, 0.2) is 0 Å². The molecule has 0 atom stereocenters. The second-order valence-corrected chi connectivity index (χ2v) is 9.24. The van der Waals surface area contributed by atoms with E-state index in [4.69, 9.17) is 9.47 Å². The number of hydrogen-bond acceptors (Lipinski definition) is 6. The highest BCUT2D eigenvalue weighted by Crippen LogP contribution is 2.31. The molecule has 0 spiro atoms. The van der Waals surface area contributed by atoms with E-state index < -0.39 is 0 Å². The lowest BCUT2D eigenvalue weighted by molar-refractivity contribution is 0.0480. The van der Waals surface area contributed by atoms with Crippen molar-refractivity contribution in [2.45, 2.75) is 54.0 Å². The lowest BCUT2D eigenvalue weighted by atomic mass is 10.1. The van der Waals surface area contributed by atoms with Crippen molar-refractivity contribution in [2.24, 2.45) is 0 Å². The van der Waals surface area contributed by atoms with Crippen LogP contribution in [0.5, 0.6) is 0 Å². The van der Waals surface area contributed by atoms with E-state index in [0.717, 1.165) is 80.5 Å². The maximum absolute atomic E-state index is 12.8. The van der Waals surface area contributed by atoms with Crippen LogP contribution in [0.1, 0.15) is 68.2 Å². The van der Waals surface area contributed by atoms with Crippen LogP contribution >= 0.6 is 24.8 Å². The molecule has 0 bridgehead atoms. The monoisotopic (exact) mass is 581 g/mol. The van der Waals surface area contributed by atoms with Crippen molar-refractivity contribution < 1.29 is 19.1 Å². The van der Waals surface area contributed by atoms with Crippen molar-refractivity contribution >= 4 is 58.6 Å². The fourth-order valence-corrected chi connectivity index (χ4v) is 4.85. The van der Waals surface area contributed by atoms with E-state index in [9.17, 15) is 9.59 Å². The van der Waals surface area contributed by atoms with E-state index in [1.807, 2.05) is 36.4 Å². The van der Waals surface area contributed by atoms with E-state index >= 15 is 0 Å². The molecule has 39 heavy (non-hydrogen) atoms. The highest BCUT2D eigenvalue weighted by atomic mass is 35.5. The Bertz CT molecular complexity index is 1100. The van der Waals surface area contributed by atoms with Gasteiger partial charge in [0.25, 0.3) is 0 Å². The molecule has 3 aromatic rings. The number of nitrogens with zero attached hydrogens (tertiary/aromatic N) is 3. The zero-order valence-corrected chi connectivity index (χ0v) is 25.7. The molecule has 1 heterocycles. The van der Waals surface area contributed by atoms with Crippen LogP contribution in [-0.4, -0.2) is 78.8 Å². The van der Waals surface area contributed by atoms with Crippen molar-refractivity contribution in [3.63, 3.8) is 0 Å². The van der Waals surface area contributed by atoms with Crippen LogP contribution in [0, 0.1) is 0 Å². The average Bonchev–Trinajstić information content (AvgIpc) is 3.25. The third kappa shape index (κ3) is 8.84. The molecule has 0 saturated carbocycles. The van der Waals surface area contributed by atoms with Gasteiger partial charge >= 0.3 is 11.9 Å². The van der Waals surface area contributed by atoms with Gasteiger partial charge in [-0.25, -0.2) is 9.59 Å². The third-order valence-corrected chi connectivity index (χ3v) is 7.15. The topological polar surface area (TPSA) is 64.0 Å². The number of ether oxygens (including phenoxy) is 2. The summed E-state index contributed by atoms with van der Waals surface area (Å²) >= 11 is 0. The minimum absolute atomic E-state index is 0. The van der Waals surface area contributed by atoms with Crippen LogP contribution in [-0.2, 0) is 16.0 Å². The Balaban J connectivity index is 0.00000380. The molecule has 3 rings (SSSR count). The molecule has 0 aliphatic rings. The number of hydrogen-bond donors (Lipinski definition) is 0. The van der Waals surface area contributed by atoms with Gasteiger partial charge in [0, 0.05) is 41.4 Å². The third-order valence-electron chi connectivity index (χ3n) is 7.15. The zero-order chi connectivity index (χ0) is 26.8. The fraction of sp³-hybridized carbons (Fsp3) is 0.533. The Morgan fingerprint density at radius 3 is 1.38 bits per heavy atom. The molecule has 0 N–H and O–H groups in total. The zero-order valence-electron chi connectivity index (χ0n) is 24.0. The number of carbonyl (C=O) groups is 2. The molecule has 0 radical (unpaired) electrons. The number of benzene rings is 2. The number of esters is 2. The number of halogens is 2. The second kappa shape index (κ2) is 17.4. The molecule has 0 amide bonds. The van der Waals surface area contributed by atoms with Gasteiger partial charge in [0.05, 0.1) is 24.3 Å². The lowest BCUT2D eigenvalue weighted by Crippen LogP contribution is -2.25. The van der Waals surface area contributed by atoms with Gasteiger partial charge in [-0.15, -0.1) is 24.8 Å². The number of rotatable bonds is 15. The average molecular weight is 583 g/mol. The molecule has 0 saturated heterocycles. The largest absolute Gasteiger partial charge is 0.462 e. The maximum atomic E-state index is 12.8. The minimum atomic E-state index is -0.317. The summed E-state index contributed by atoms with van der Waals surface area (Å²) in [5.74, 6) is -0.634. The van der Waals surface area contributed by atoms with Gasteiger partial charge in [0.1, 0.15) is 0 Å². The van der Waals surface area contributed by atoms with Crippen LogP contribution in [0.25, 0.3) is 21.8 Å². The normalized spacial score (nSPS) is 11.1. The smallest absolute Gasteiger partial charge is 0.338 e. The molecular weight excluding hydrogens is 537 g/mol. The Morgan fingerprint density at radius 1 is 0.667 bits per heavy atom. The van der Waals surface area contributed by atoms with Crippen LogP contribution in [0.3, 0.4) is 0 Å². The first-order valence-electron chi connectivity index (χ1n) is 13.8. The fourth-order valence-electron chi connectivity index (χ4n) is 4.85. The molecule has 0 fully saturated rings. The summed E-state index contributed by atoms with van der Waals surface area (Å²) in [6, 6.07) is 11.4. The van der Waals surface area contributed by atoms with Crippen LogP contribution in [0.2, 0.25) is 0 Å². The quantitative estimate of drug-likeness (QED) is 0.152. The summed E-state index contributed by atoms with van der Waals surface area (Å²) in [6.07, 6.45) is 1.62. The Labute approximate surface area is 245 Å². The van der Waals surface area contributed by atoms with Crippen LogP contribution in [0.4, 0.5) is 0 Å². The predicted molar refractivity (Wildman–Crippen MR) is 165 cm³/mol. The molecule has 1 aromatic heterocycles. The minimum Gasteiger partial charge on any atom is -0.462 e. The van der Waals surface area contributed by atoms with E-state index in [0.29, 0.717) is 24.3 Å². The highest BCUT2D eigenvalue weighted by Gasteiger charge is 2.16. The molecule has 0 aliphatic carbocycles. The Kier molecular flexibility index (Phi) is 15.5. The van der Waals surface area contributed by atoms with Gasteiger partial charge in [-0.05, 0) is 82.3 Å². The number of carbonyl (C=O) groups excluding carboxylic acids is 2. The van der Waals surface area contributed by atoms with E-state index in [-0.39, 0.29) is 36.8 Å². The lowest BCUT2D eigenvalue weighted by Gasteiger charge is -2.17. The van der Waals surface area contributed by atoms with Crippen molar-refractivity contribution in [1.29, 1.82) is 0 Å². The maximum Gasteiger partial charge on any atom is 0.338 e. The molecule has 218 valence electrons. The first-order chi connectivity index (χ1) is 18.0. The van der Waals surface area contributed by atoms with Crippen molar-refractivity contribution in [3.8, 4) is 0 Å². The second-order valence-electron chi connectivity index (χ2n) is 9.24. The highest BCUT2D eigenvalue weighted by molar-refractivity contribution is 6.12. The summed E-state index contributed by atoms with van der Waals surface area (Å²) in [5, 5.41) is 1.87. The SMILES string of the molecule is CCN(CC)CCCOC(=O)c1ccc2c(c1)c1cc(C(=O)OCCCN(CC)CC)ccc1n2CC.Cl.Cl. The number of fused-ring (bicyclic) bond motifs is 3. The summed E-state index contributed by atoms with van der Waals surface area (Å²) in [4.78, 5) is 30.2. The predicted octanol–water partition coefficient (Wildman–Crippen LogP) is 6.44. The van der Waals surface area contributed by atoms with Crippen molar-refractivity contribution in [1.82, 2.24) is 14.4 Å². The molecule has 7 nitrogen and oxygen atoms in total. The first-order valence-corrected chi connectivity index (χ1v) is 13.8. The molecule has 0 unspecified atom stereocenters. The van der Waals surface area contributed by atoms with Crippen molar-refractivity contribution in [3.05, 3.63) is 47.5 Å². The van der Waals surface area contributed by atoms with Crippen LogP contribution in [0.15, 0.2) is 36.4 Å². The molecular formula is C30H45Cl2N3O4. The summed E-state index contributed by atoms with van der Waals surface area (Å²) in [6.45, 7) is 18.0. The van der Waals surface area contributed by atoms with E-state index in [2.05, 4.69) is 49.0 Å². The summed E-state index contributed by atoms with van der Waals surface area (Å²) < 4.78 is 13.3. The van der Waals surface area contributed by atoms with Gasteiger partial charge in [-0.3, -0.25) is 0 Å².